The van der Waals surface area contributed by atoms with Crippen molar-refractivity contribution in [1.29, 1.82) is 0 Å². The molecule has 0 spiro atoms. The molecule has 0 amide bonds. The van der Waals surface area contributed by atoms with Crippen LogP contribution in [0.5, 0.6) is 5.75 Å². The van der Waals surface area contributed by atoms with Gasteiger partial charge in [0.15, 0.2) is 0 Å². The third-order valence-corrected chi connectivity index (χ3v) is 3.92. The maximum absolute atomic E-state index is 6.98. The van der Waals surface area contributed by atoms with Gasteiger partial charge in [-0.15, -0.1) is 0 Å². The summed E-state index contributed by atoms with van der Waals surface area (Å²) in [6.45, 7) is 6.98. The number of rotatable bonds is 4. The lowest BCUT2D eigenvalue weighted by atomic mass is 10.0. The van der Waals surface area contributed by atoms with Gasteiger partial charge >= 0.3 is 0 Å². The molecule has 0 aliphatic carbocycles. The second-order valence-corrected chi connectivity index (χ2v) is 5.63. The van der Waals surface area contributed by atoms with Crippen molar-refractivity contribution >= 4 is 5.69 Å². The summed E-state index contributed by atoms with van der Waals surface area (Å²) in [7, 11) is 1.61. The van der Waals surface area contributed by atoms with E-state index in [1.165, 1.54) is 6.20 Å². The van der Waals surface area contributed by atoms with Crippen molar-refractivity contribution in [3.63, 3.8) is 0 Å². The molecule has 4 aromatic rings. The largest absolute Gasteiger partial charge is 0.497 e. The Morgan fingerprint density at radius 3 is 2.63 bits per heavy atom. The van der Waals surface area contributed by atoms with Crippen LogP contribution in [-0.2, 0) is 0 Å². The lowest BCUT2D eigenvalue weighted by Crippen LogP contribution is -1.88. The smallest absolute Gasteiger partial charge is 0.258 e. The van der Waals surface area contributed by atoms with Crippen LogP contribution in [0.25, 0.3) is 38.9 Å². The Morgan fingerprint density at radius 1 is 1.04 bits per heavy atom. The fourth-order valence-electron chi connectivity index (χ4n) is 2.57. The first kappa shape index (κ1) is 16.4. The summed E-state index contributed by atoms with van der Waals surface area (Å²) in [4.78, 5) is 16.1. The molecule has 0 atom stereocenters. The zero-order valence-electron chi connectivity index (χ0n) is 14.3. The molecule has 0 aliphatic heterocycles. The van der Waals surface area contributed by atoms with Crippen LogP contribution in [-0.4, -0.2) is 27.2 Å². The lowest BCUT2D eigenvalue weighted by molar-refractivity contribution is 0.413. The Kier molecular flexibility index (Phi) is 4.29. The average Bonchev–Trinajstić information content (AvgIpc) is 3.24. The molecule has 0 saturated carbocycles. The fourth-order valence-corrected chi connectivity index (χ4v) is 2.57. The number of benzene rings is 1. The quantitative estimate of drug-likeness (QED) is 0.504. The van der Waals surface area contributed by atoms with Gasteiger partial charge in [0.05, 0.1) is 13.7 Å². The summed E-state index contributed by atoms with van der Waals surface area (Å²) in [5.74, 6) is 1.38. The molecule has 0 radical (unpaired) electrons. The molecule has 1 aromatic carbocycles. The third-order valence-electron chi connectivity index (χ3n) is 3.92. The van der Waals surface area contributed by atoms with E-state index in [2.05, 4.69) is 25.0 Å². The van der Waals surface area contributed by atoms with Crippen LogP contribution in [0.2, 0.25) is 0 Å². The number of pyridine rings is 2. The second kappa shape index (κ2) is 7.06. The van der Waals surface area contributed by atoms with Gasteiger partial charge in [0.25, 0.3) is 5.89 Å². The van der Waals surface area contributed by atoms with E-state index >= 15 is 0 Å². The molecule has 0 fully saturated rings. The van der Waals surface area contributed by atoms with Crippen molar-refractivity contribution in [1.82, 2.24) is 20.1 Å². The van der Waals surface area contributed by atoms with E-state index in [-0.39, 0.29) is 0 Å². The predicted molar refractivity (Wildman–Crippen MR) is 99.0 cm³/mol. The van der Waals surface area contributed by atoms with Crippen molar-refractivity contribution in [2.75, 3.05) is 7.11 Å². The Hall–Kier alpha value is -4.05. The first-order valence-corrected chi connectivity index (χ1v) is 8.04. The Balaban J connectivity index is 1.73. The fraction of sp³-hybridized carbons (Fsp3) is 0.0500. The van der Waals surface area contributed by atoms with Gasteiger partial charge in [-0.2, -0.15) is 4.98 Å². The van der Waals surface area contributed by atoms with Gasteiger partial charge < -0.3 is 9.26 Å². The van der Waals surface area contributed by atoms with E-state index in [4.69, 9.17) is 15.8 Å². The SMILES string of the molecule is [C-]#[N+]c1ccc(-c2noc(-c3cc(OC)cc(-c4cccnc4)c3)n2)nc1. The average molecular weight is 355 g/mol. The van der Waals surface area contributed by atoms with E-state index in [0.717, 1.165) is 16.7 Å². The van der Waals surface area contributed by atoms with E-state index in [0.29, 0.717) is 28.8 Å². The standard InChI is InChI=1S/C20H13N5O2/c1-21-16-5-6-18(23-12-16)19-24-20(27-25-19)15-8-14(9-17(10-15)26-2)13-4-3-7-22-11-13/h3-12H,2H3. The van der Waals surface area contributed by atoms with Crippen LogP contribution in [0.3, 0.4) is 0 Å². The molecular formula is C20H13N5O2. The van der Waals surface area contributed by atoms with Gasteiger partial charge in [-0.05, 0) is 35.9 Å². The van der Waals surface area contributed by atoms with E-state index in [9.17, 15) is 0 Å². The monoisotopic (exact) mass is 355 g/mol. The van der Waals surface area contributed by atoms with Crippen LogP contribution >= 0.6 is 0 Å². The minimum Gasteiger partial charge on any atom is -0.497 e. The highest BCUT2D eigenvalue weighted by atomic mass is 16.5. The third kappa shape index (κ3) is 3.37. The molecule has 3 aromatic heterocycles. The molecule has 0 unspecified atom stereocenters. The molecule has 7 nitrogen and oxygen atoms in total. The van der Waals surface area contributed by atoms with Crippen LogP contribution in [0.15, 0.2) is 65.6 Å². The maximum atomic E-state index is 6.98. The molecule has 0 aliphatic rings. The zero-order chi connectivity index (χ0) is 18.6. The van der Waals surface area contributed by atoms with Gasteiger partial charge in [-0.25, -0.2) is 4.85 Å². The second-order valence-electron chi connectivity index (χ2n) is 5.63. The first-order valence-electron chi connectivity index (χ1n) is 8.04. The van der Waals surface area contributed by atoms with Crippen molar-refractivity contribution < 1.29 is 9.26 Å². The topological polar surface area (TPSA) is 78.3 Å². The summed E-state index contributed by atoms with van der Waals surface area (Å²) in [6.07, 6.45) is 4.98. The molecule has 0 saturated heterocycles. The molecule has 7 heteroatoms. The molecule has 27 heavy (non-hydrogen) atoms. The summed E-state index contributed by atoms with van der Waals surface area (Å²) in [5.41, 5.74) is 3.60. The van der Waals surface area contributed by atoms with Crippen molar-refractivity contribution in [3.8, 4) is 39.8 Å². The van der Waals surface area contributed by atoms with Crippen LogP contribution in [0.4, 0.5) is 5.69 Å². The normalized spacial score (nSPS) is 10.4. The lowest BCUT2D eigenvalue weighted by Gasteiger charge is -2.07. The molecule has 4 rings (SSSR count). The highest BCUT2D eigenvalue weighted by molar-refractivity contribution is 5.72. The Bertz CT molecular complexity index is 1120. The van der Waals surface area contributed by atoms with E-state index in [1.807, 2.05) is 30.3 Å². The zero-order valence-corrected chi connectivity index (χ0v) is 14.3. The van der Waals surface area contributed by atoms with Gasteiger partial charge in [0, 0.05) is 29.7 Å². The molecule has 130 valence electrons. The summed E-state index contributed by atoms with van der Waals surface area (Å²) >= 11 is 0. The predicted octanol–water partition coefficient (Wildman–Crippen LogP) is 4.42. The number of hydrogen-bond acceptors (Lipinski definition) is 6. The van der Waals surface area contributed by atoms with Gasteiger partial charge in [0.2, 0.25) is 11.5 Å². The minimum atomic E-state index is 0.352. The van der Waals surface area contributed by atoms with Gasteiger partial charge in [-0.3, -0.25) is 9.97 Å². The summed E-state index contributed by atoms with van der Waals surface area (Å²) in [5, 5.41) is 4.00. The van der Waals surface area contributed by atoms with Crippen LogP contribution < -0.4 is 4.74 Å². The summed E-state index contributed by atoms with van der Waals surface area (Å²) in [6, 6.07) is 12.9. The Morgan fingerprint density at radius 2 is 1.93 bits per heavy atom. The molecule has 3 heterocycles. The van der Waals surface area contributed by atoms with Crippen molar-refractivity contribution in [3.05, 3.63) is 72.5 Å². The maximum Gasteiger partial charge on any atom is 0.258 e. The number of methoxy groups -OCH3 is 1. The number of hydrogen-bond donors (Lipinski definition) is 0. The first-order chi connectivity index (χ1) is 13.3. The highest BCUT2D eigenvalue weighted by Gasteiger charge is 2.14. The minimum absolute atomic E-state index is 0.352. The number of ether oxygens (including phenoxy) is 1. The molecular weight excluding hydrogens is 342 g/mol. The molecule has 0 N–H and O–H groups in total. The highest BCUT2D eigenvalue weighted by Crippen LogP contribution is 2.31. The van der Waals surface area contributed by atoms with Crippen LogP contribution in [0.1, 0.15) is 0 Å². The molecule has 0 bridgehead atoms. The van der Waals surface area contributed by atoms with E-state index < -0.39 is 0 Å². The van der Waals surface area contributed by atoms with E-state index in [1.54, 1.807) is 31.6 Å². The van der Waals surface area contributed by atoms with Crippen LogP contribution in [0, 0.1) is 6.57 Å². The number of nitrogens with zero attached hydrogens (tertiary/aromatic N) is 5. The van der Waals surface area contributed by atoms with Crippen molar-refractivity contribution in [2.45, 2.75) is 0 Å². The van der Waals surface area contributed by atoms with Crippen molar-refractivity contribution in [2.24, 2.45) is 0 Å². The van der Waals surface area contributed by atoms with Gasteiger partial charge in [-0.1, -0.05) is 17.3 Å². The summed E-state index contributed by atoms with van der Waals surface area (Å²) < 4.78 is 10.8. The van der Waals surface area contributed by atoms with Gasteiger partial charge in [0.1, 0.15) is 11.4 Å². The Labute approximate surface area is 155 Å². The number of aromatic nitrogens is 4.